The predicted molar refractivity (Wildman–Crippen MR) is 86.3 cm³/mol. The van der Waals surface area contributed by atoms with Crippen molar-refractivity contribution in [1.29, 1.82) is 0 Å². The maximum absolute atomic E-state index is 13.4. The van der Waals surface area contributed by atoms with Crippen molar-refractivity contribution in [2.45, 2.75) is 32.4 Å². The number of rotatable bonds is 7. The SMILES string of the molecule is C[C@@H](Cn1cncn1)NC(=O)Nc1ccc(F)cc1OCC1CC1. The number of hydrogen-bond acceptors (Lipinski definition) is 4. The number of aromatic nitrogens is 3. The molecule has 2 amide bonds. The first-order chi connectivity index (χ1) is 11.6. The molecule has 24 heavy (non-hydrogen) atoms. The van der Waals surface area contributed by atoms with Gasteiger partial charge in [0.05, 0.1) is 18.8 Å². The Kier molecular flexibility index (Phi) is 4.93. The zero-order valence-electron chi connectivity index (χ0n) is 13.4. The number of halogens is 1. The van der Waals surface area contributed by atoms with Crippen molar-refractivity contribution < 1.29 is 13.9 Å². The highest BCUT2D eigenvalue weighted by Crippen LogP contribution is 2.32. The monoisotopic (exact) mass is 333 g/mol. The molecule has 7 nitrogen and oxygen atoms in total. The van der Waals surface area contributed by atoms with Crippen molar-refractivity contribution in [2.75, 3.05) is 11.9 Å². The molecule has 1 atom stereocenters. The Balaban J connectivity index is 1.56. The first-order valence-electron chi connectivity index (χ1n) is 7.92. The summed E-state index contributed by atoms with van der Waals surface area (Å²) in [7, 11) is 0. The second kappa shape index (κ2) is 7.29. The van der Waals surface area contributed by atoms with Gasteiger partial charge in [0.1, 0.15) is 24.2 Å². The lowest BCUT2D eigenvalue weighted by atomic mass is 10.2. The van der Waals surface area contributed by atoms with E-state index < -0.39 is 5.82 Å². The highest BCUT2D eigenvalue weighted by Gasteiger charge is 2.22. The van der Waals surface area contributed by atoms with Crippen LogP contribution in [0, 0.1) is 11.7 Å². The van der Waals surface area contributed by atoms with Crippen molar-refractivity contribution in [3.63, 3.8) is 0 Å². The maximum atomic E-state index is 13.4. The van der Waals surface area contributed by atoms with Crippen LogP contribution in [0.1, 0.15) is 19.8 Å². The third-order valence-corrected chi connectivity index (χ3v) is 3.67. The molecule has 0 saturated heterocycles. The van der Waals surface area contributed by atoms with Crippen molar-refractivity contribution in [2.24, 2.45) is 5.92 Å². The van der Waals surface area contributed by atoms with E-state index in [2.05, 4.69) is 20.7 Å². The van der Waals surface area contributed by atoms with Crippen LogP contribution in [0.15, 0.2) is 30.9 Å². The molecular formula is C16H20FN5O2. The van der Waals surface area contributed by atoms with E-state index >= 15 is 0 Å². The van der Waals surface area contributed by atoms with Crippen LogP contribution in [-0.4, -0.2) is 33.4 Å². The minimum atomic E-state index is -0.397. The number of amides is 2. The zero-order valence-corrected chi connectivity index (χ0v) is 13.4. The third kappa shape index (κ3) is 4.68. The Hall–Kier alpha value is -2.64. The molecule has 0 aliphatic heterocycles. The molecule has 1 aliphatic rings. The molecule has 3 rings (SSSR count). The minimum absolute atomic E-state index is 0.150. The van der Waals surface area contributed by atoms with Gasteiger partial charge in [-0.1, -0.05) is 0 Å². The molecule has 1 aromatic carbocycles. The van der Waals surface area contributed by atoms with Crippen LogP contribution in [0.25, 0.3) is 0 Å². The Morgan fingerprint density at radius 3 is 3.04 bits per heavy atom. The fourth-order valence-corrected chi connectivity index (χ4v) is 2.25. The van der Waals surface area contributed by atoms with Crippen LogP contribution in [0.4, 0.5) is 14.9 Å². The van der Waals surface area contributed by atoms with Crippen LogP contribution >= 0.6 is 0 Å². The maximum Gasteiger partial charge on any atom is 0.319 e. The first-order valence-corrected chi connectivity index (χ1v) is 7.92. The van der Waals surface area contributed by atoms with Gasteiger partial charge in [-0.15, -0.1) is 0 Å². The van der Waals surface area contributed by atoms with Crippen LogP contribution in [-0.2, 0) is 6.54 Å². The molecule has 2 aromatic rings. The van der Waals surface area contributed by atoms with Crippen molar-refractivity contribution in [3.8, 4) is 5.75 Å². The van der Waals surface area contributed by atoms with E-state index in [0.717, 1.165) is 12.8 Å². The molecule has 1 heterocycles. The molecule has 0 unspecified atom stereocenters. The summed E-state index contributed by atoms with van der Waals surface area (Å²) in [6.45, 7) is 2.90. The Bertz CT molecular complexity index is 688. The standard InChI is InChI=1S/C16H20FN5O2/c1-11(7-22-10-18-9-19-22)20-16(23)21-14-5-4-13(17)6-15(14)24-8-12-2-3-12/h4-6,9-12H,2-3,7-8H2,1H3,(H2,20,21,23)/t11-/m0/s1. The summed E-state index contributed by atoms with van der Waals surface area (Å²) in [6.07, 6.45) is 5.30. The molecule has 1 aromatic heterocycles. The number of carbonyl (C=O) groups is 1. The molecule has 0 bridgehead atoms. The summed E-state index contributed by atoms with van der Waals surface area (Å²) in [5.41, 5.74) is 0.447. The Morgan fingerprint density at radius 2 is 2.33 bits per heavy atom. The highest BCUT2D eigenvalue weighted by molar-refractivity contribution is 5.91. The van der Waals surface area contributed by atoms with Crippen molar-refractivity contribution in [1.82, 2.24) is 20.1 Å². The average molecular weight is 333 g/mol. The number of ether oxygens (including phenoxy) is 1. The van der Waals surface area contributed by atoms with Crippen molar-refractivity contribution in [3.05, 3.63) is 36.7 Å². The van der Waals surface area contributed by atoms with Gasteiger partial charge in [0.15, 0.2) is 0 Å². The fourth-order valence-electron chi connectivity index (χ4n) is 2.25. The number of anilines is 1. The van der Waals surface area contributed by atoms with Gasteiger partial charge in [-0.05, 0) is 37.8 Å². The smallest absolute Gasteiger partial charge is 0.319 e. The Morgan fingerprint density at radius 1 is 1.50 bits per heavy atom. The number of benzene rings is 1. The predicted octanol–water partition coefficient (Wildman–Crippen LogP) is 2.42. The molecular weight excluding hydrogens is 313 g/mol. The number of nitrogens with one attached hydrogen (secondary N) is 2. The van der Waals surface area contributed by atoms with E-state index in [0.29, 0.717) is 30.5 Å². The molecule has 2 N–H and O–H groups in total. The van der Waals surface area contributed by atoms with Gasteiger partial charge in [-0.2, -0.15) is 5.10 Å². The Labute approximate surface area is 139 Å². The fraction of sp³-hybridized carbons (Fsp3) is 0.438. The quantitative estimate of drug-likeness (QED) is 0.815. The van der Waals surface area contributed by atoms with E-state index in [9.17, 15) is 9.18 Å². The van der Waals surface area contributed by atoms with Crippen LogP contribution in [0.5, 0.6) is 5.75 Å². The van der Waals surface area contributed by atoms with E-state index in [1.54, 1.807) is 11.0 Å². The van der Waals surface area contributed by atoms with Gasteiger partial charge in [0.2, 0.25) is 0 Å². The molecule has 128 valence electrons. The zero-order chi connectivity index (χ0) is 16.9. The number of hydrogen-bond donors (Lipinski definition) is 2. The van der Waals surface area contributed by atoms with Gasteiger partial charge in [-0.25, -0.2) is 14.2 Å². The highest BCUT2D eigenvalue weighted by atomic mass is 19.1. The van der Waals surface area contributed by atoms with Crippen LogP contribution in [0.2, 0.25) is 0 Å². The van der Waals surface area contributed by atoms with Crippen molar-refractivity contribution >= 4 is 11.7 Å². The second-order valence-electron chi connectivity index (χ2n) is 6.01. The van der Waals surface area contributed by atoms with Crippen LogP contribution in [0.3, 0.4) is 0 Å². The van der Waals surface area contributed by atoms with E-state index in [4.69, 9.17) is 4.74 Å². The number of carbonyl (C=O) groups excluding carboxylic acids is 1. The van der Waals surface area contributed by atoms with Gasteiger partial charge >= 0.3 is 6.03 Å². The first kappa shape index (κ1) is 16.2. The second-order valence-corrected chi connectivity index (χ2v) is 6.01. The molecule has 0 radical (unpaired) electrons. The van der Waals surface area contributed by atoms with E-state index in [1.807, 2.05) is 6.92 Å². The van der Waals surface area contributed by atoms with Gasteiger partial charge in [0.25, 0.3) is 0 Å². The molecule has 1 fully saturated rings. The molecule has 0 spiro atoms. The summed E-state index contributed by atoms with van der Waals surface area (Å²) in [6, 6.07) is 3.54. The topological polar surface area (TPSA) is 81.1 Å². The largest absolute Gasteiger partial charge is 0.491 e. The van der Waals surface area contributed by atoms with Gasteiger partial charge in [0, 0.05) is 12.1 Å². The lowest BCUT2D eigenvalue weighted by Crippen LogP contribution is -2.38. The van der Waals surface area contributed by atoms with E-state index in [-0.39, 0.29) is 12.1 Å². The number of nitrogens with zero attached hydrogens (tertiary/aromatic N) is 3. The normalized spacial score (nSPS) is 14.9. The van der Waals surface area contributed by atoms with Gasteiger partial charge < -0.3 is 15.4 Å². The molecule has 1 saturated carbocycles. The summed E-state index contributed by atoms with van der Waals surface area (Å²) in [4.78, 5) is 16.0. The van der Waals surface area contributed by atoms with Gasteiger partial charge in [-0.3, -0.25) is 4.68 Å². The average Bonchev–Trinajstić information content (AvgIpc) is 3.23. The lowest BCUT2D eigenvalue weighted by Gasteiger charge is -2.16. The summed E-state index contributed by atoms with van der Waals surface area (Å²) in [5, 5.41) is 9.49. The van der Waals surface area contributed by atoms with E-state index in [1.165, 1.54) is 24.5 Å². The summed E-state index contributed by atoms with van der Waals surface area (Å²) in [5.74, 6) is 0.491. The molecule has 1 aliphatic carbocycles. The minimum Gasteiger partial charge on any atom is -0.491 e. The van der Waals surface area contributed by atoms with Crippen LogP contribution < -0.4 is 15.4 Å². The third-order valence-electron chi connectivity index (χ3n) is 3.67. The summed E-state index contributed by atoms with van der Waals surface area (Å²) < 4.78 is 20.7. The lowest BCUT2D eigenvalue weighted by molar-refractivity contribution is 0.247. The number of urea groups is 1. The summed E-state index contributed by atoms with van der Waals surface area (Å²) >= 11 is 0. The molecule has 8 heteroatoms.